The Morgan fingerprint density at radius 2 is 1.62 bits per heavy atom. The van der Waals surface area contributed by atoms with Crippen molar-refractivity contribution in [1.82, 2.24) is 9.97 Å². The van der Waals surface area contributed by atoms with E-state index in [1.807, 2.05) is 24.3 Å². The van der Waals surface area contributed by atoms with Crippen LogP contribution in [0.15, 0.2) is 71.3 Å². The Balaban J connectivity index is 1.30. The average molecular weight is 428 g/mol. The molecule has 1 aliphatic rings. The number of ether oxygens (including phenoxy) is 1. The molecule has 0 spiro atoms. The summed E-state index contributed by atoms with van der Waals surface area (Å²) in [6.07, 6.45) is 3.76. The van der Waals surface area contributed by atoms with E-state index in [2.05, 4.69) is 20.6 Å². The van der Waals surface area contributed by atoms with Gasteiger partial charge in [0, 0.05) is 11.4 Å². The van der Waals surface area contributed by atoms with Crippen LogP contribution in [-0.2, 0) is 0 Å². The summed E-state index contributed by atoms with van der Waals surface area (Å²) in [5.74, 6) is 0.436. The minimum Gasteiger partial charge on any atom is -0.477 e. The van der Waals surface area contributed by atoms with Gasteiger partial charge in [-0.15, -0.1) is 0 Å². The Hall–Kier alpha value is -4.20. The van der Waals surface area contributed by atoms with Gasteiger partial charge in [-0.1, -0.05) is 12.1 Å². The summed E-state index contributed by atoms with van der Waals surface area (Å²) in [4.78, 5) is 33.6. The molecule has 4 aromatic rings. The van der Waals surface area contributed by atoms with E-state index in [-0.39, 0.29) is 17.5 Å². The summed E-state index contributed by atoms with van der Waals surface area (Å²) in [6, 6.07) is 17.4. The van der Waals surface area contributed by atoms with Gasteiger partial charge >= 0.3 is 0 Å². The second-order valence-corrected chi connectivity index (χ2v) is 7.59. The first kappa shape index (κ1) is 19.7. The van der Waals surface area contributed by atoms with E-state index in [0.717, 1.165) is 18.2 Å². The molecule has 0 radical (unpaired) electrons. The van der Waals surface area contributed by atoms with Gasteiger partial charge in [-0.3, -0.25) is 9.59 Å². The fourth-order valence-corrected chi connectivity index (χ4v) is 3.16. The zero-order valence-electron chi connectivity index (χ0n) is 17.1. The van der Waals surface area contributed by atoms with Gasteiger partial charge in [0.1, 0.15) is 0 Å². The highest BCUT2D eigenvalue weighted by molar-refractivity contribution is 6.04. The maximum atomic E-state index is 12.8. The van der Waals surface area contributed by atoms with Gasteiger partial charge in [0.25, 0.3) is 11.8 Å². The molecule has 32 heavy (non-hydrogen) atoms. The lowest BCUT2D eigenvalue weighted by Crippen LogP contribution is -2.17. The van der Waals surface area contributed by atoms with Gasteiger partial charge in [0.15, 0.2) is 5.76 Å². The standard InChI is InChI=1S/C24H20N4O4/c29-22(20-6-3-13-31-20)25-16-9-11-17(12-10-16)26-23(30)21-27-19-5-2-1-4-18(19)24(28-21)32-14-15-7-8-15/h1-6,9-13,15H,7-8,14H2,(H,25,29)(H,26,30). The Bertz CT molecular complexity index is 1270. The van der Waals surface area contributed by atoms with Crippen LogP contribution in [0.2, 0.25) is 0 Å². The van der Waals surface area contributed by atoms with Crippen molar-refractivity contribution in [2.24, 2.45) is 5.92 Å². The first-order chi connectivity index (χ1) is 15.7. The molecule has 0 unspecified atom stereocenters. The summed E-state index contributed by atoms with van der Waals surface area (Å²) >= 11 is 0. The number of furan rings is 1. The maximum Gasteiger partial charge on any atom is 0.293 e. The van der Waals surface area contributed by atoms with Crippen molar-refractivity contribution in [2.45, 2.75) is 12.8 Å². The minimum absolute atomic E-state index is 0.0321. The lowest BCUT2D eigenvalue weighted by atomic mass is 10.2. The predicted molar refractivity (Wildman–Crippen MR) is 119 cm³/mol. The van der Waals surface area contributed by atoms with Gasteiger partial charge in [0.2, 0.25) is 11.7 Å². The average Bonchev–Trinajstić information content (AvgIpc) is 3.48. The second-order valence-electron chi connectivity index (χ2n) is 7.59. The first-order valence-electron chi connectivity index (χ1n) is 10.3. The molecule has 2 aromatic carbocycles. The third kappa shape index (κ3) is 4.44. The van der Waals surface area contributed by atoms with Crippen molar-refractivity contribution >= 4 is 34.1 Å². The van der Waals surface area contributed by atoms with Crippen LogP contribution in [0.3, 0.4) is 0 Å². The Labute approximate surface area is 183 Å². The number of benzene rings is 2. The maximum absolute atomic E-state index is 12.8. The fourth-order valence-electron chi connectivity index (χ4n) is 3.16. The number of carbonyl (C=O) groups excluding carboxylic acids is 2. The normalized spacial score (nSPS) is 13.0. The van der Waals surface area contributed by atoms with Crippen molar-refractivity contribution in [1.29, 1.82) is 0 Å². The van der Waals surface area contributed by atoms with E-state index in [0.29, 0.717) is 35.3 Å². The molecule has 1 fully saturated rings. The monoisotopic (exact) mass is 428 g/mol. The molecule has 2 N–H and O–H groups in total. The van der Waals surface area contributed by atoms with Gasteiger partial charge in [-0.05, 0) is 67.3 Å². The molecule has 2 amide bonds. The quantitative estimate of drug-likeness (QED) is 0.448. The van der Waals surface area contributed by atoms with E-state index in [1.54, 1.807) is 36.4 Å². The number of hydrogen-bond donors (Lipinski definition) is 2. The van der Waals surface area contributed by atoms with Crippen LogP contribution in [0.1, 0.15) is 34.0 Å². The third-order valence-corrected chi connectivity index (χ3v) is 5.07. The summed E-state index contributed by atoms with van der Waals surface area (Å²) in [5, 5.41) is 6.29. The molecular weight excluding hydrogens is 408 g/mol. The molecule has 5 rings (SSSR count). The van der Waals surface area contributed by atoms with Crippen molar-refractivity contribution in [3.63, 3.8) is 0 Å². The SMILES string of the molecule is O=C(Nc1ccc(NC(=O)c2ccco2)cc1)c1nc(OCC2CC2)c2ccccc2n1. The van der Waals surface area contributed by atoms with Crippen molar-refractivity contribution < 1.29 is 18.7 Å². The molecule has 0 saturated heterocycles. The smallest absolute Gasteiger partial charge is 0.293 e. The number of carbonyl (C=O) groups is 2. The zero-order valence-corrected chi connectivity index (χ0v) is 17.1. The number of fused-ring (bicyclic) bond motifs is 1. The number of rotatable bonds is 7. The highest BCUT2D eigenvalue weighted by atomic mass is 16.5. The topological polar surface area (TPSA) is 106 Å². The van der Waals surface area contributed by atoms with Gasteiger partial charge in [-0.2, -0.15) is 4.98 Å². The summed E-state index contributed by atoms with van der Waals surface area (Å²) in [7, 11) is 0. The summed E-state index contributed by atoms with van der Waals surface area (Å²) in [5.41, 5.74) is 1.76. The van der Waals surface area contributed by atoms with Crippen molar-refractivity contribution in [3.05, 3.63) is 78.5 Å². The Morgan fingerprint density at radius 1 is 0.906 bits per heavy atom. The lowest BCUT2D eigenvalue weighted by Gasteiger charge is -2.10. The number of amides is 2. The van der Waals surface area contributed by atoms with Gasteiger partial charge < -0.3 is 19.8 Å². The molecule has 2 heterocycles. The van der Waals surface area contributed by atoms with Gasteiger partial charge in [-0.25, -0.2) is 4.98 Å². The van der Waals surface area contributed by atoms with Gasteiger partial charge in [0.05, 0.1) is 23.8 Å². The minimum atomic E-state index is -0.445. The van der Waals surface area contributed by atoms with Crippen LogP contribution in [0.5, 0.6) is 5.88 Å². The van der Waals surface area contributed by atoms with Crippen LogP contribution in [-0.4, -0.2) is 28.4 Å². The Morgan fingerprint density at radius 3 is 2.31 bits per heavy atom. The highest BCUT2D eigenvalue weighted by Crippen LogP contribution is 2.31. The van der Waals surface area contributed by atoms with Crippen LogP contribution >= 0.6 is 0 Å². The van der Waals surface area contributed by atoms with E-state index in [1.165, 1.54) is 6.26 Å². The number of anilines is 2. The number of hydrogen-bond acceptors (Lipinski definition) is 6. The zero-order chi connectivity index (χ0) is 21.9. The predicted octanol–water partition coefficient (Wildman–Crippen LogP) is 4.52. The number of nitrogens with one attached hydrogen (secondary N) is 2. The molecule has 8 heteroatoms. The Kier molecular flexibility index (Phi) is 5.25. The number of para-hydroxylation sites is 1. The lowest BCUT2D eigenvalue weighted by molar-refractivity contribution is 0.0993. The largest absolute Gasteiger partial charge is 0.477 e. The van der Waals surface area contributed by atoms with Crippen LogP contribution < -0.4 is 15.4 Å². The summed E-state index contributed by atoms with van der Waals surface area (Å²) < 4.78 is 11.0. The molecule has 1 saturated carbocycles. The molecular formula is C24H20N4O4. The van der Waals surface area contributed by atoms with Crippen LogP contribution in [0.4, 0.5) is 11.4 Å². The number of nitrogens with zero attached hydrogens (tertiary/aromatic N) is 2. The molecule has 8 nitrogen and oxygen atoms in total. The van der Waals surface area contributed by atoms with E-state index >= 15 is 0 Å². The van der Waals surface area contributed by atoms with E-state index in [9.17, 15) is 9.59 Å². The van der Waals surface area contributed by atoms with E-state index < -0.39 is 5.91 Å². The van der Waals surface area contributed by atoms with E-state index in [4.69, 9.17) is 9.15 Å². The van der Waals surface area contributed by atoms with Crippen molar-refractivity contribution in [3.8, 4) is 5.88 Å². The summed E-state index contributed by atoms with van der Waals surface area (Å²) in [6.45, 7) is 0.591. The molecule has 0 atom stereocenters. The molecule has 0 bridgehead atoms. The number of aromatic nitrogens is 2. The van der Waals surface area contributed by atoms with Crippen molar-refractivity contribution in [2.75, 3.05) is 17.2 Å². The first-order valence-corrected chi connectivity index (χ1v) is 10.3. The highest BCUT2D eigenvalue weighted by Gasteiger charge is 2.23. The fraction of sp³-hybridized carbons (Fsp3) is 0.167. The molecule has 1 aliphatic carbocycles. The molecule has 2 aromatic heterocycles. The molecule has 160 valence electrons. The van der Waals surface area contributed by atoms with Crippen LogP contribution in [0, 0.1) is 5.92 Å². The third-order valence-electron chi connectivity index (χ3n) is 5.07. The molecule has 0 aliphatic heterocycles. The second kappa shape index (κ2) is 8.50. The van der Waals surface area contributed by atoms with Crippen LogP contribution in [0.25, 0.3) is 10.9 Å².